The van der Waals surface area contributed by atoms with E-state index in [1.165, 1.54) is 0 Å². The second kappa shape index (κ2) is 3.51. The molecule has 0 aliphatic carbocycles. The Morgan fingerprint density at radius 2 is 2.21 bits per heavy atom. The molecule has 2 aliphatic heterocycles. The van der Waals surface area contributed by atoms with Gasteiger partial charge in [0, 0.05) is 13.0 Å². The number of carbonyl (C=O) groups excluding carboxylic acids is 1. The first-order valence-corrected chi connectivity index (χ1v) is 6.48. The monoisotopic (exact) mass is 218 g/mol. The molecule has 1 N–H and O–H groups in total. The summed E-state index contributed by atoms with van der Waals surface area (Å²) in [5, 5.41) is 3.11. The van der Waals surface area contributed by atoms with Crippen molar-refractivity contribution >= 4 is 15.9 Å². The van der Waals surface area contributed by atoms with Crippen LogP contribution in [0.1, 0.15) is 19.3 Å². The van der Waals surface area contributed by atoms with Crippen LogP contribution in [0.5, 0.6) is 0 Å². The van der Waals surface area contributed by atoms with Crippen molar-refractivity contribution in [3.63, 3.8) is 0 Å². The summed E-state index contributed by atoms with van der Waals surface area (Å²) >= 11 is 0. The topological polar surface area (TPSA) is 66.5 Å². The van der Waals surface area contributed by atoms with E-state index in [4.69, 9.17) is 0 Å². The molecule has 0 radical (unpaired) electrons. The number of sulfonamides is 1. The fourth-order valence-corrected chi connectivity index (χ4v) is 3.71. The van der Waals surface area contributed by atoms with Gasteiger partial charge in [0.05, 0.1) is 11.8 Å². The Labute approximate surface area is 83.5 Å². The molecule has 0 aromatic rings. The molecule has 0 aromatic carbocycles. The van der Waals surface area contributed by atoms with E-state index in [0.29, 0.717) is 6.54 Å². The number of piperidine rings is 1. The molecule has 2 aliphatic rings. The minimum atomic E-state index is -3.29. The largest absolute Gasteiger partial charge is 0.315 e. The molecule has 14 heavy (non-hydrogen) atoms. The SMILES string of the molecule is O=C1CCS(=O)(=O)N1C1CCCNC1. The number of rotatable bonds is 1. The summed E-state index contributed by atoms with van der Waals surface area (Å²) in [6, 6.07) is -0.149. The predicted molar refractivity (Wildman–Crippen MR) is 51.1 cm³/mol. The Hall–Kier alpha value is -0.620. The standard InChI is InChI=1S/C8H14N2O3S/c11-8-3-5-14(12,13)10(8)7-2-1-4-9-6-7/h7,9H,1-6H2. The zero-order valence-electron chi connectivity index (χ0n) is 7.90. The van der Waals surface area contributed by atoms with Crippen LogP contribution in [0.25, 0.3) is 0 Å². The van der Waals surface area contributed by atoms with Crippen LogP contribution in [0.3, 0.4) is 0 Å². The summed E-state index contributed by atoms with van der Waals surface area (Å²) in [6.45, 7) is 1.52. The Bertz CT molecular complexity index is 332. The van der Waals surface area contributed by atoms with Crippen LogP contribution in [-0.4, -0.2) is 43.5 Å². The zero-order valence-corrected chi connectivity index (χ0v) is 8.72. The second-order valence-corrected chi connectivity index (χ2v) is 5.72. The van der Waals surface area contributed by atoms with Gasteiger partial charge >= 0.3 is 0 Å². The van der Waals surface area contributed by atoms with Gasteiger partial charge in [0.1, 0.15) is 0 Å². The first-order valence-electron chi connectivity index (χ1n) is 4.87. The van der Waals surface area contributed by atoms with E-state index in [1.807, 2.05) is 0 Å². The lowest BCUT2D eigenvalue weighted by Gasteiger charge is -2.30. The number of nitrogens with zero attached hydrogens (tertiary/aromatic N) is 1. The van der Waals surface area contributed by atoms with Crippen LogP contribution in [0.15, 0.2) is 0 Å². The van der Waals surface area contributed by atoms with Crippen LogP contribution < -0.4 is 5.32 Å². The van der Waals surface area contributed by atoms with E-state index in [2.05, 4.69) is 5.32 Å². The smallest absolute Gasteiger partial charge is 0.238 e. The molecular formula is C8H14N2O3S. The molecule has 1 unspecified atom stereocenters. The van der Waals surface area contributed by atoms with Gasteiger partial charge in [-0.25, -0.2) is 12.7 Å². The third kappa shape index (κ3) is 1.64. The number of nitrogens with one attached hydrogen (secondary N) is 1. The van der Waals surface area contributed by atoms with Crippen molar-refractivity contribution in [3.05, 3.63) is 0 Å². The number of carbonyl (C=O) groups is 1. The maximum absolute atomic E-state index is 11.5. The molecule has 6 heteroatoms. The van der Waals surface area contributed by atoms with E-state index in [1.54, 1.807) is 0 Å². The maximum atomic E-state index is 11.5. The van der Waals surface area contributed by atoms with Crippen molar-refractivity contribution in [3.8, 4) is 0 Å². The van der Waals surface area contributed by atoms with E-state index < -0.39 is 10.0 Å². The molecule has 0 aromatic heterocycles. The highest BCUT2D eigenvalue weighted by atomic mass is 32.2. The summed E-state index contributed by atoms with van der Waals surface area (Å²) in [6.07, 6.45) is 1.88. The molecule has 2 rings (SSSR count). The van der Waals surface area contributed by atoms with Crippen molar-refractivity contribution in [2.24, 2.45) is 0 Å². The molecule has 80 valence electrons. The molecule has 1 amide bonds. The molecule has 2 heterocycles. The van der Waals surface area contributed by atoms with Crippen LogP contribution in [0, 0.1) is 0 Å². The normalized spacial score (nSPS) is 32.1. The third-order valence-electron chi connectivity index (χ3n) is 2.72. The van der Waals surface area contributed by atoms with Gasteiger partial charge < -0.3 is 5.32 Å². The minimum absolute atomic E-state index is 0.0116. The van der Waals surface area contributed by atoms with E-state index in [9.17, 15) is 13.2 Å². The maximum Gasteiger partial charge on any atom is 0.238 e. The number of hydrogen-bond acceptors (Lipinski definition) is 4. The minimum Gasteiger partial charge on any atom is -0.315 e. The van der Waals surface area contributed by atoms with Gasteiger partial charge in [0.2, 0.25) is 15.9 Å². The summed E-state index contributed by atoms with van der Waals surface area (Å²) in [5.74, 6) is -0.249. The number of amides is 1. The summed E-state index contributed by atoms with van der Waals surface area (Å²) in [7, 11) is -3.29. The van der Waals surface area contributed by atoms with Crippen LogP contribution >= 0.6 is 0 Å². The van der Waals surface area contributed by atoms with Crippen molar-refractivity contribution in [1.82, 2.24) is 9.62 Å². The molecule has 1 atom stereocenters. The molecule has 0 bridgehead atoms. The highest BCUT2D eigenvalue weighted by molar-refractivity contribution is 7.90. The van der Waals surface area contributed by atoms with E-state index in [0.717, 1.165) is 23.7 Å². The van der Waals surface area contributed by atoms with Gasteiger partial charge in [-0.15, -0.1) is 0 Å². The van der Waals surface area contributed by atoms with Gasteiger partial charge in [0.25, 0.3) is 0 Å². The molecule has 5 nitrogen and oxygen atoms in total. The highest BCUT2D eigenvalue weighted by Gasteiger charge is 2.40. The first kappa shape index (κ1) is 9.92. The van der Waals surface area contributed by atoms with Gasteiger partial charge in [-0.1, -0.05) is 0 Å². The van der Waals surface area contributed by atoms with Gasteiger partial charge in [0.15, 0.2) is 0 Å². The molecule has 2 fully saturated rings. The Balaban J connectivity index is 2.18. The fraction of sp³-hybridized carbons (Fsp3) is 0.875. The van der Waals surface area contributed by atoms with Crippen LogP contribution in [0.2, 0.25) is 0 Å². The van der Waals surface area contributed by atoms with Crippen LogP contribution in [-0.2, 0) is 14.8 Å². The third-order valence-corrected chi connectivity index (χ3v) is 4.54. The second-order valence-electron chi connectivity index (χ2n) is 3.76. The number of hydrogen-bond donors (Lipinski definition) is 1. The van der Waals surface area contributed by atoms with Gasteiger partial charge in [-0.05, 0) is 19.4 Å². The lowest BCUT2D eigenvalue weighted by molar-refractivity contribution is -0.126. The Morgan fingerprint density at radius 3 is 2.71 bits per heavy atom. The lowest BCUT2D eigenvalue weighted by Crippen LogP contribution is -2.48. The Morgan fingerprint density at radius 1 is 1.43 bits per heavy atom. The fourth-order valence-electron chi connectivity index (χ4n) is 2.04. The van der Waals surface area contributed by atoms with Crippen molar-refractivity contribution in [2.45, 2.75) is 25.3 Å². The summed E-state index contributed by atoms with van der Waals surface area (Å²) < 4.78 is 24.2. The summed E-state index contributed by atoms with van der Waals surface area (Å²) in [5.41, 5.74) is 0. The van der Waals surface area contributed by atoms with E-state index in [-0.39, 0.29) is 24.1 Å². The van der Waals surface area contributed by atoms with E-state index >= 15 is 0 Å². The zero-order chi connectivity index (χ0) is 10.2. The first-order chi connectivity index (χ1) is 6.61. The Kier molecular flexibility index (Phi) is 2.48. The molecule has 2 saturated heterocycles. The van der Waals surface area contributed by atoms with Crippen LogP contribution in [0.4, 0.5) is 0 Å². The lowest BCUT2D eigenvalue weighted by atomic mass is 10.1. The highest BCUT2D eigenvalue weighted by Crippen LogP contribution is 2.22. The molecule has 0 saturated carbocycles. The quantitative estimate of drug-likeness (QED) is 0.632. The average molecular weight is 218 g/mol. The molecular weight excluding hydrogens is 204 g/mol. The van der Waals surface area contributed by atoms with Crippen molar-refractivity contribution in [2.75, 3.05) is 18.8 Å². The molecule has 0 spiro atoms. The van der Waals surface area contributed by atoms with Gasteiger partial charge in [-0.2, -0.15) is 0 Å². The van der Waals surface area contributed by atoms with Crippen molar-refractivity contribution in [1.29, 1.82) is 0 Å². The average Bonchev–Trinajstić information content (AvgIpc) is 2.42. The van der Waals surface area contributed by atoms with Gasteiger partial charge in [-0.3, -0.25) is 4.79 Å². The summed E-state index contributed by atoms with van der Waals surface area (Å²) in [4.78, 5) is 11.4. The van der Waals surface area contributed by atoms with Crippen molar-refractivity contribution < 1.29 is 13.2 Å². The predicted octanol–water partition coefficient (Wildman–Crippen LogP) is -0.699.